The molecular formula is C28H28Cl3N3O. The van der Waals surface area contributed by atoms with Crippen molar-refractivity contribution in [1.29, 1.82) is 0 Å². The van der Waals surface area contributed by atoms with Crippen molar-refractivity contribution in [3.05, 3.63) is 81.8 Å². The number of anilines is 2. The Kier molecular flexibility index (Phi) is 7.54. The highest BCUT2D eigenvalue weighted by molar-refractivity contribution is 6.35. The molecule has 0 bridgehead atoms. The molecule has 2 fully saturated rings. The van der Waals surface area contributed by atoms with E-state index in [0.29, 0.717) is 26.8 Å². The number of hydrogen-bond donors (Lipinski definition) is 1. The molecular weight excluding hydrogens is 501 g/mol. The lowest BCUT2D eigenvalue weighted by Gasteiger charge is -2.31. The van der Waals surface area contributed by atoms with Gasteiger partial charge in [0, 0.05) is 45.6 Å². The van der Waals surface area contributed by atoms with Gasteiger partial charge in [0.1, 0.15) is 0 Å². The number of nitrogens with zero attached hydrogens (tertiary/aromatic N) is 2. The minimum Gasteiger partial charge on any atom is -0.307 e. The molecule has 1 saturated carbocycles. The Morgan fingerprint density at radius 3 is 2.23 bits per heavy atom. The van der Waals surface area contributed by atoms with E-state index >= 15 is 0 Å². The van der Waals surface area contributed by atoms with Crippen LogP contribution >= 0.6 is 34.8 Å². The van der Waals surface area contributed by atoms with Gasteiger partial charge in [0.2, 0.25) is 0 Å². The molecule has 5 rings (SSSR count). The van der Waals surface area contributed by atoms with Crippen LogP contribution in [0.5, 0.6) is 0 Å². The second-order valence-corrected chi connectivity index (χ2v) is 10.7. The molecule has 4 nitrogen and oxygen atoms in total. The summed E-state index contributed by atoms with van der Waals surface area (Å²) in [6.07, 6.45) is 6.06. The predicted molar refractivity (Wildman–Crippen MR) is 147 cm³/mol. The third kappa shape index (κ3) is 5.78. The molecule has 3 aromatic carbocycles. The SMILES string of the molecule is O=C(Nc1cc(Cl)cc(Cl)c1)N(c1ccc(-c2cccc(Cl)c2)cc1)C1CCN(C2CCCC2)C1. The Labute approximate surface area is 221 Å². The fraction of sp³-hybridized carbons (Fsp3) is 0.321. The van der Waals surface area contributed by atoms with Gasteiger partial charge in [-0.05, 0) is 72.9 Å². The van der Waals surface area contributed by atoms with Gasteiger partial charge in [0.25, 0.3) is 0 Å². The first-order valence-electron chi connectivity index (χ1n) is 12.1. The fourth-order valence-electron chi connectivity index (χ4n) is 5.37. The maximum atomic E-state index is 13.6. The molecule has 1 heterocycles. The van der Waals surface area contributed by atoms with Gasteiger partial charge in [-0.25, -0.2) is 4.79 Å². The minimum absolute atomic E-state index is 0.0854. The second kappa shape index (κ2) is 10.8. The largest absolute Gasteiger partial charge is 0.326 e. The smallest absolute Gasteiger partial charge is 0.307 e. The molecule has 1 atom stereocenters. The maximum absolute atomic E-state index is 13.6. The van der Waals surface area contributed by atoms with Crippen LogP contribution in [0.15, 0.2) is 66.7 Å². The standard InChI is InChI=1S/C28H28Cl3N3O/c29-21-5-3-4-20(14-21)19-8-10-26(11-9-19)34(27-12-13-33(18-27)25-6-1-2-7-25)28(35)32-24-16-22(30)15-23(31)17-24/h3-5,8-11,14-17,25,27H,1-2,6-7,12-13,18H2,(H,32,35). The molecule has 7 heteroatoms. The lowest BCUT2D eigenvalue weighted by atomic mass is 10.0. The van der Waals surface area contributed by atoms with Gasteiger partial charge in [-0.1, -0.05) is 71.9 Å². The molecule has 0 spiro atoms. The van der Waals surface area contributed by atoms with E-state index < -0.39 is 0 Å². The van der Waals surface area contributed by atoms with Gasteiger partial charge in [0.15, 0.2) is 0 Å². The van der Waals surface area contributed by atoms with Crippen molar-refractivity contribution < 1.29 is 4.79 Å². The zero-order valence-corrected chi connectivity index (χ0v) is 21.7. The quantitative estimate of drug-likeness (QED) is 0.361. The average molecular weight is 529 g/mol. The molecule has 2 aliphatic rings. The third-order valence-corrected chi connectivity index (χ3v) is 7.71. The number of nitrogens with one attached hydrogen (secondary N) is 1. The summed E-state index contributed by atoms with van der Waals surface area (Å²) in [4.78, 5) is 18.1. The molecule has 0 aromatic heterocycles. The first-order chi connectivity index (χ1) is 17.0. The number of likely N-dealkylation sites (tertiary alicyclic amines) is 1. The van der Waals surface area contributed by atoms with Crippen LogP contribution in [0.3, 0.4) is 0 Å². The van der Waals surface area contributed by atoms with Gasteiger partial charge in [-0.2, -0.15) is 0 Å². The van der Waals surface area contributed by atoms with Gasteiger partial charge in [-0.3, -0.25) is 9.80 Å². The Bertz CT molecular complexity index is 1170. The average Bonchev–Trinajstić information content (AvgIpc) is 3.51. The van der Waals surface area contributed by atoms with Crippen LogP contribution in [-0.2, 0) is 0 Å². The zero-order chi connectivity index (χ0) is 24.4. The van der Waals surface area contributed by atoms with Crippen molar-refractivity contribution in [3.63, 3.8) is 0 Å². The zero-order valence-electron chi connectivity index (χ0n) is 19.4. The van der Waals surface area contributed by atoms with Gasteiger partial charge in [-0.15, -0.1) is 0 Å². The molecule has 1 aliphatic carbocycles. The summed E-state index contributed by atoms with van der Waals surface area (Å²) in [5.41, 5.74) is 3.54. The van der Waals surface area contributed by atoms with Crippen LogP contribution in [0.2, 0.25) is 15.1 Å². The van der Waals surface area contributed by atoms with Crippen molar-refractivity contribution in [2.45, 2.75) is 44.2 Å². The molecule has 35 heavy (non-hydrogen) atoms. The lowest BCUT2D eigenvalue weighted by molar-refractivity contribution is 0.239. The van der Waals surface area contributed by atoms with E-state index in [9.17, 15) is 4.79 Å². The van der Waals surface area contributed by atoms with Crippen LogP contribution < -0.4 is 10.2 Å². The van der Waals surface area contributed by atoms with Gasteiger partial charge < -0.3 is 5.32 Å². The highest BCUT2D eigenvalue weighted by Gasteiger charge is 2.35. The summed E-state index contributed by atoms with van der Waals surface area (Å²) in [7, 11) is 0. The summed E-state index contributed by atoms with van der Waals surface area (Å²) >= 11 is 18.5. The number of rotatable bonds is 5. The van der Waals surface area contributed by atoms with Gasteiger partial charge >= 0.3 is 6.03 Å². The molecule has 1 N–H and O–H groups in total. The van der Waals surface area contributed by atoms with E-state index in [1.165, 1.54) is 25.7 Å². The number of hydrogen-bond acceptors (Lipinski definition) is 2. The topological polar surface area (TPSA) is 35.6 Å². The Hall–Kier alpha value is -2.24. The molecule has 1 saturated heterocycles. The minimum atomic E-state index is -0.183. The van der Waals surface area contributed by atoms with E-state index in [-0.39, 0.29) is 12.1 Å². The van der Waals surface area contributed by atoms with Crippen molar-refractivity contribution in [3.8, 4) is 11.1 Å². The number of carbonyl (C=O) groups excluding carboxylic acids is 1. The molecule has 2 amide bonds. The number of carbonyl (C=O) groups is 1. The predicted octanol–water partition coefficient (Wildman–Crippen LogP) is 8.37. The van der Waals surface area contributed by atoms with E-state index in [0.717, 1.165) is 36.3 Å². The first-order valence-corrected chi connectivity index (χ1v) is 13.3. The van der Waals surface area contributed by atoms with Crippen molar-refractivity contribution >= 4 is 52.2 Å². The van der Waals surface area contributed by atoms with Crippen LogP contribution in [0, 0.1) is 0 Å². The molecule has 0 radical (unpaired) electrons. The molecule has 1 unspecified atom stereocenters. The van der Waals surface area contributed by atoms with E-state index in [1.807, 2.05) is 53.4 Å². The Morgan fingerprint density at radius 1 is 0.829 bits per heavy atom. The fourth-order valence-corrected chi connectivity index (χ4v) is 6.08. The molecule has 3 aromatic rings. The van der Waals surface area contributed by atoms with Crippen molar-refractivity contribution in [1.82, 2.24) is 4.90 Å². The summed E-state index contributed by atoms with van der Waals surface area (Å²) in [5.74, 6) is 0. The summed E-state index contributed by atoms with van der Waals surface area (Å²) in [6, 6.07) is 21.5. The summed E-state index contributed by atoms with van der Waals surface area (Å²) < 4.78 is 0. The monoisotopic (exact) mass is 527 g/mol. The number of amides is 2. The number of benzene rings is 3. The highest BCUT2D eigenvalue weighted by atomic mass is 35.5. The first kappa shape index (κ1) is 24.5. The number of halogens is 3. The second-order valence-electron chi connectivity index (χ2n) is 9.39. The highest BCUT2D eigenvalue weighted by Crippen LogP contribution is 2.32. The van der Waals surface area contributed by atoms with Crippen LogP contribution in [0.25, 0.3) is 11.1 Å². The van der Waals surface area contributed by atoms with Gasteiger partial charge in [0.05, 0.1) is 6.04 Å². The maximum Gasteiger partial charge on any atom is 0.326 e. The number of urea groups is 1. The summed E-state index contributed by atoms with van der Waals surface area (Å²) in [5, 5.41) is 4.69. The van der Waals surface area contributed by atoms with E-state index in [4.69, 9.17) is 34.8 Å². The van der Waals surface area contributed by atoms with E-state index in [1.54, 1.807) is 18.2 Å². The van der Waals surface area contributed by atoms with Crippen LogP contribution in [0.1, 0.15) is 32.1 Å². The van der Waals surface area contributed by atoms with E-state index in [2.05, 4.69) is 10.2 Å². The lowest BCUT2D eigenvalue weighted by Crippen LogP contribution is -2.45. The molecule has 182 valence electrons. The van der Waals surface area contributed by atoms with Crippen LogP contribution in [-0.4, -0.2) is 36.1 Å². The summed E-state index contributed by atoms with van der Waals surface area (Å²) in [6.45, 7) is 1.90. The Morgan fingerprint density at radius 2 is 1.54 bits per heavy atom. The molecule has 1 aliphatic heterocycles. The van der Waals surface area contributed by atoms with Crippen LogP contribution in [0.4, 0.5) is 16.2 Å². The van der Waals surface area contributed by atoms with Crippen molar-refractivity contribution in [2.24, 2.45) is 0 Å². The Balaban J connectivity index is 1.41. The third-order valence-electron chi connectivity index (χ3n) is 7.04. The van der Waals surface area contributed by atoms with Crippen molar-refractivity contribution in [2.75, 3.05) is 23.3 Å². The normalized spacial score (nSPS) is 18.7.